The Morgan fingerprint density at radius 1 is 1.22 bits per heavy atom. The molecule has 0 aliphatic heterocycles. The quantitative estimate of drug-likeness (QED) is 0.441. The maximum Gasteiger partial charge on any atom is 0.149 e. The minimum absolute atomic E-state index is 0. The molecule has 4 heteroatoms. The third-order valence-electron chi connectivity index (χ3n) is 1.000. The van der Waals surface area contributed by atoms with Gasteiger partial charge >= 0.3 is 0 Å². The fourth-order valence-electron chi connectivity index (χ4n) is 0.250. The van der Waals surface area contributed by atoms with E-state index in [1.807, 2.05) is 0 Å². The van der Waals surface area contributed by atoms with Crippen LogP contribution in [0.1, 0.15) is 25.7 Å². The third-order valence-corrected chi connectivity index (χ3v) is 1.000. The lowest BCUT2D eigenvalue weighted by atomic mass is 10.0. The Bertz CT molecular complexity index is 65.4. The average Bonchev–Trinajstić information content (AvgIpc) is 1.19. The second-order valence-electron chi connectivity index (χ2n) is 1.84. The molecular weight excluding hydrogens is 155 g/mol. The van der Waals surface area contributed by atoms with Crippen molar-refractivity contribution in [1.82, 2.24) is 0 Å². The molecule has 0 radical (unpaired) electrons. The van der Waals surface area contributed by atoms with E-state index in [1.54, 1.807) is 0 Å². The first kappa shape index (κ1) is 12.2. The van der Waals surface area contributed by atoms with Crippen molar-refractivity contribution in [2.75, 3.05) is 6.26 Å². The topological polar surface area (TPSA) is 37.3 Å². The first-order chi connectivity index (χ1) is 3.73. The van der Waals surface area contributed by atoms with Crippen LogP contribution in [-0.2, 0) is 11.1 Å². The summed E-state index contributed by atoms with van der Waals surface area (Å²) in [7, 11) is 0. The Kier molecular flexibility index (Phi) is 11.6. The van der Waals surface area contributed by atoms with E-state index in [0.717, 1.165) is 0 Å². The summed E-state index contributed by atoms with van der Waals surface area (Å²) in [5, 5.41) is 0. The van der Waals surface area contributed by atoms with Gasteiger partial charge in [-0.1, -0.05) is 25.7 Å². The molecular formula is C5H15O2PS. The lowest BCUT2D eigenvalue weighted by Crippen LogP contribution is -1.85. The van der Waals surface area contributed by atoms with E-state index in [1.165, 1.54) is 31.9 Å². The minimum atomic E-state index is -1.61. The molecule has 0 spiro atoms. The van der Waals surface area contributed by atoms with Crippen LogP contribution in [0.3, 0.4) is 0 Å². The zero-order chi connectivity index (χ0) is 6.41. The minimum Gasteiger partial charge on any atom is -0.306 e. The van der Waals surface area contributed by atoms with E-state index in [0.29, 0.717) is 0 Å². The van der Waals surface area contributed by atoms with E-state index >= 15 is 0 Å². The van der Waals surface area contributed by atoms with Gasteiger partial charge in [0.1, 0.15) is 11.1 Å². The SMILES string of the molecule is C1CCC1.CS(=O)O.P. The van der Waals surface area contributed by atoms with Crippen molar-refractivity contribution in [1.29, 1.82) is 0 Å². The number of hydrogen-bond acceptors (Lipinski definition) is 1. The maximum atomic E-state index is 9.11. The number of rotatable bonds is 0. The molecule has 58 valence electrons. The normalized spacial score (nSPS) is 17.6. The molecule has 1 aliphatic rings. The van der Waals surface area contributed by atoms with Gasteiger partial charge in [0.15, 0.2) is 0 Å². The number of hydrogen-bond donors (Lipinski definition) is 1. The van der Waals surface area contributed by atoms with Crippen molar-refractivity contribution in [2.24, 2.45) is 0 Å². The van der Waals surface area contributed by atoms with Crippen LogP contribution in [0.2, 0.25) is 0 Å². The van der Waals surface area contributed by atoms with E-state index in [4.69, 9.17) is 8.76 Å². The van der Waals surface area contributed by atoms with Gasteiger partial charge in [-0.2, -0.15) is 9.90 Å². The van der Waals surface area contributed by atoms with Gasteiger partial charge in [-0.05, 0) is 0 Å². The molecule has 0 amide bonds. The molecule has 2 nitrogen and oxygen atoms in total. The second-order valence-corrected chi connectivity index (χ2v) is 2.69. The highest BCUT2D eigenvalue weighted by Gasteiger charge is 1.95. The van der Waals surface area contributed by atoms with Crippen LogP contribution >= 0.6 is 9.90 Å². The summed E-state index contributed by atoms with van der Waals surface area (Å²) in [5.41, 5.74) is 0. The van der Waals surface area contributed by atoms with Gasteiger partial charge in [0.05, 0.1) is 0 Å². The van der Waals surface area contributed by atoms with Crippen LogP contribution in [0, 0.1) is 0 Å². The highest BCUT2D eigenvalue weighted by Crippen LogP contribution is 2.15. The molecule has 0 bridgehead atoms. The van der Waals surface area contributed by atoms with Crippen molar-refractivity contribution < 1.29 is 8.76 Å². The Labute approximate surface area is 62.3 Å². The van der Waals surface area contributed by atoms with Crippen LogP contribution in [0.15, 0.2) is 0 Å². The van der Waals surface area contributed by atoms with E-state index in [9.17, 15) is 0 Å². The summed E-state index contributed by atoms with van der Waals surface area (Å²) in [6.45, 7) is 0. The van der Waals surface area contributed by atoms with Gasteiger partial charge in [-0.3, -0.25) is 0 Å². The summed E-state index contributed by atoms with van der Waals surface area (Å²) < 4.78 is 16.6. The summed E-state index contributed by atoms with van der Waals surface area (Å²) in [6.07, 6.45) is 7.19. The standard InChI is InChI=1S/C4H8.CH4O2S.H3P/c1-2-4-3-1;1-4(2)3;/h1-4H2;1H3,(H,2,3);1H3. The van der Waals surface area contributed by atoms with Crippen LogP contribution in [0.5, 0.6) is 0 Å². The van der Waals surface area contributed by atoms with Gasteiger partial charge in [-0.25, -0.2) is 4.21 Å². The van der Waals surface area contributed by atoms with E-state index in [-0.39, 0.29) is 9.90 Å². The van der Waals surface area contributed by atoms with Gasteiger partial charge in [0, 0.05) is 6.26 Å². The summed E-state index contributed by atoms with van der Waals surface area (Å²) in [6, 6.07) is 0. The summed E-state index contributed by atoms with van der Waals surface area (Å²) >= 11 is -1.61. The average molecular weight is 170 g/mol. The fraction of sp³-hybridized carbons (Fsp3) is 1.00. The zero-order valence-electron chi connectivity index (χ0n) is 5.80. The largest absolute Gasteiger partial charge is 0.306 e. The zero-order valence-corrected chi connectivity index (χ0v) is 8.03. The van der Waals surface area contributed by atoms with Crippen molar-refractivity contribution in [3.8, 4) is 0 Å². The molecule has 0 aromatic carbocycles. The molecule has 0 aromatic rings. The van der Waals surface area contributed by atoms with Gasteiger partial charge in [0.2, 0.25) is 0 Å². The molecule has 2 unspecified atom stereocenters. The van der Waals surface area contributed by atoms with E-state index < -0.39 is 11.1 Å². The molecule has 0 saturated heterocycles. The van der Waals surface area contributed by atoms with Crippen LogP contribution in [0.25, 0.3) is 0 Å². The lowest BCUT2D eigenvalue weighted by molar-refractivity contribution is 0.504. The first-order valence-corrected chi connectivity index (χ1v) is 4.27. The summed E-state index contributed by atoms with van der Waals surface area (Å²) in [5.74, 6) is 0. The lowest BCUT2D eigenvalue weighted by Gasteiger charge is -2.05. The Morgan fingerprint density at radius 2 is 1.33 bits per heavy atom. The smallest absolute Gasteiger partial charge is 0.149 e. The molecule has 1 fully saturated rings. The highest BCUT2D eigenvalue weighted by molar-refractivity contribution is 7.78. The Hall–Kier alpha value is 0.540. The van der Waals surface area contributed by atoms with Crippen molar-refractivity contribution in [3.63, 3.8) is 0 Å². The maximum absolute atomic E-state index is 9.11. The molecule has 0 aromatic heterocycles. The molecule has 1 aliphatic carbocycles. The van der Waals surface area contributed by atoms with Gasteiger partial charge in [0.25, 0.3) is 0 Å². The predicted molar refractivity (Wildman–Crippen MR) is 46.3 cm³/mol. The van der Waals surface area contributed by atoms with Gasteiger partial charge in [-0.15, -0.1) is 0 Å². The Balaban J connectivity index is 0. The van der Waals surface area contributed by atoms with Crippen LogP contribution in [-0.4, -0.2) is 15.0 Å². The Morgan fingerprint density at radius 3 is 1.33 bits per heavy atom. The highest BCUT2D eigenvalue weighted by atomic mass is 32.2. The molecule has 9 heavy (non-hydrogen) atoms. The fourth-order valence-corrected chi connectivity index (χ4v) is 0.250. The third kappa shape index (κ3) is 17.7. The molecule has 2 atom stereocenters. The van der Waals surface area contributed by atoms with Crippen LogP contribution in [0.4, 0.5) is 0 Å². The van der Waals surface area contributed by atoms with Crippen molar-refractivity contribution in [2.45, 2.75) is 25.7 Å². The van der Waals surface area contributed by atoms with E-state index in [2.05, 4.69) is 0 Å². The molecule has 1 saturated carbocycles. The van der Waals surface area contributed by atoms with Crippen molar-refractivity contribution >= 4 is 21.0 Å². The first-order valence-electron chi connectivity index (χ1n) is 2.76. The molecule has 0 heterocycles. The second kappa shape index (κ2) is 8.54. The van der Waals surface area contributed by atoms with Crippen molar-refractivity contribution in [3.05, 3.63) is 0 Å². The van der Waals surface area contributed by atoms with Gasteiger partial charge < -0.3 is 4.55 Å². The molecule has 1 N–H and O–H groups in total. The molecule has 1 rings (SSSR count). The van der Waals surface area contributed by atoms with Crippen LogP contribution < -0.4 is 0 Å². The predicted octanol–water partition coefficient (Wildman–Crippen LogP) is 1.46. The monoisotopic (exact) mass is 170 g/mol. The summed E-state index contributed by atoms with van der Waals surface area (Å²) in [4.78, 5) is 0.